The Morgan fingerprint density at radius 3 is 2.38 bits per heavy atom. The van der Waals surface area contributed by atoms with Crippen LogP contribution in [0.1, 0.15) is 32.6 Å². The predicted molar refractivity (Wildman–Crippen MR) is 86.0 cm³/mol. The molecule has 1 aromatic rings. The number of benzene rings is 1. The topological polar surface area (TPSA) is 75.4 Å². The van der Waals surface area contributed by atoms with E-state index >= 15 is 0 Å². The second-order valence-corrected chi connectivity index (χ2v) is 7.18. The van der Waals surface area contributed by atoms with E-state index in [1.807, 2.05) is 12.1 Å². The Hall–Kier alpha value is -1.11. The third-order valence-electron chi connectivity index (χ3n) is 3.95. The molecule has 3 N–H and O–H groups in total. The van der Waals surface area contributed by atoms with Gasteiger partial charge in [-0.2, -0.15) is 0 Å². The molecule has 1 fully saturated rings. The second-order valence-electron chi connectivity index (χ2n) is 5.42. The molecule has 0 aliphatic heterocycles. The van der Waals surface area contributed by atoms with Crippen molar-refractivity contribution in [3.05, 3.63) is 24.3 Å². The largest absolute Gasteiger partial charge is 0.367 e. The molecule has 0 radical (unpaired) electrons. The van der Waals surface area contributed by atoms with Crippen LogP contribution in [0.4, 0.5) is 5.69 Å². The summed E-state index contributed by atoms with van der Waals surface area (Å²) in [6.07, 6.45) is 4.91. The van der Waals surface area contributed by atoms with Crippen LogP contribution in [-0.2, 0) is 10.0 Å². The first-order valence-corrected chi connectivity index (χ1v) is 9.13. The third-order valence-corrected chi connectivity index (χ3v) is 5.51. The van der Waals surface area contributed by atoms with Gasteiger partial charge in [0.05, 0.1) is 4.90 Å². The molecule has 5 nitrogen and oxygen atoms in total. The molecule has 0 amide bonds. The minimum absolute atomic E-state index is 0.312. The van der Waals surface area contributed by atoms with Crippen LogP contribution in [0.5, 0.6) is 0 Å². The molecule has 0 saturated heterocycles. The zero-order valence-corrected chi connectivity index (χ0v) is 13.4. The predicted octanol–water partition coefficient (Wildman–Crippen LogP) is 1.69. The highest BCUT2D eigenvalue weighted by atomic mass is 32.2. The lowest BCUT2D eigenvalue weighted by molar-refractivity contribution is 0.583. The van der Waals surface area contributed by atoms with Crippen LogP contribution < -0.4 is 15.4 Å². The molecule has 1 saturated carbocycles. The van der Waals surface area contributed by atoms with E-state index in [1.54, 1.807) is 19.1 Å². The van der Waals surface area contributed by atoms with Gasteiger partial charge in [-0.05, 0) is 37.1 Å². The fourth-order valence-electron chi connectivity index (χ4n) is 2.97. The quantitative estimate of drug-likeness (QED) is 0.803. The highest BCUT2D eigenvalue weighted by Crippen LogP contribution is 2.28. The fourth-order valence-corrected chi connectivity index (χ4v) is 4.01. The summed E-state index contributed by atoms with van der Waals surface area (Å²) in [6.45, 7) is 3.58. The molecule has 0 aromatic heterocycles. The smallest absolute Gasteiger partial charge is 0.240 e. The summed E-state index contributed by atoms with van der Waals surface area (Å²) in [5.74, 6) is 0. The summed E-state index contributed by atoms with van der Waals surface area (Å²) in [7, 11) is -3.38. The Morgan fingerprint density at radius 1 is 1.24 bits per heavy atom. The van der Waals surface area contributed by atoms with Crippen molar-refractivity contribution >= 4 is 15.7 Å². The van der Waals surface area contributed by atoms with E-state index in [0.29, 0.717) is 24.0 Å². The molecule has 0 atom stereocenters. The van der Waals surface area contributed by atoms with Gasteiger partial charge in [0.15, 0.2) is 0 Å². The van der Waals surface area contributed by atoms with Gasteiger partial charge < -0.3 is 10.6 Å². The number of anilines is 1. The first-order chi connectivity index (χ1) is 10.1. The van der Waals surface area contributed by atoms with E-state index in [4.69, 9.17) is 5.73 Å². The Labute approximate surface area is 127 Å². The van der Waals surface area contributed by atoms with Gasteiger partial charge in [-0.1, -0.05) is 19.8 Å². The van der Waals surface area contributed by atoms with E-state index in [0.717, 1.165) is 12.2 Å². The van der Waals surface area contributed by atoms with Crippen LogP contribution >= 0.6 is 0 Å². The Morgan fingerprint density at radius 2 is 1.86 bits per heavy atom. The average molecular weight is 311 g/mol. The minimum Gasteiger partial charge on any atom is -0.367 e. The molecule has 118 valence electrons. The third kappa shape index (κ3) is 3.96. The first kappa shape index (κ1) is 16.3. The standard InChI is InChI=1S/C15H25N3O2S/c1-2-17-21(19,20)15-9-7-14(8-10-15)18(12-11-16)13-5-3-4-6-13/h7-10,13,17H,2-6,11-12,16H2,1H3. The Kier molecular flexibility index (Phi) is 5.61. The first-order valence-electron chi connectivity index (χ1n) is 7.65. The van der Waals surface area contributed by atoms with Crippen molar-refractivity contribution in [1.82, 2.24) is 4.72 Å². The second kappa shape index (κ2) is 7.24. The zero-order chi connectivity index (χ0) is 15.3. The average Bonchev–Trinajstić information content (AvgIpc) is 2.99. The maximum atomic E-state index is 12.0. The normalized spacial score (nSPS) is 16.3. The van der Waals surface area contributed by atoms with Crippen molar-refractivity contribution < 1.29 is 8.42 Å². The van der Waals surface area contributed by atoms with Crippen LogP contribution in [-0.4, -0.2) is 34.1 Å². The van der Waals surface area contributed by atoms with Crippen LogP contribution in [0.15, 0.2) is 29.2 Å². The van der Waals surface area contributed by atoms with Crippen molar-refractivity contribution in [3.63, 3.8) is 0 Å². The monoisotopic (exact) mass is 311 g/mol. The van der Waals surface area contributed by atoms with Gasteiger partial charge in [0.1, 0.15) is 0 Å². The molecule has 21 heavy (non-hydrogen) atoms. The van der Waals surface area contributed by atoms with Crippen LogP contribution in [0, 0.1) is 0 Å². The SMILES string of the molecule is CCNS(=O)(=O)c1ccc(N(CCN)C2CCCC2)cc1. The van der Waals surface area contributed by atoms with Crippen LogP contribution in [0.2, 0.25) is 0 Å². The Bertz CT molecular complexity index is 537. The number of nitrogens with one attached hydrogen (secondary N) is 1. The molecule has 0 unspecified atom stereocenters. The fraction of sp³-hybridized carbons (Fsp3) is 0.600. The number of rotatable bonds is 7. The number of hydrogen-bond donors (Lipinski definition) is 2. The number of sulfonamides is 1. The molecular weight excluding hydrogens is 286 g/mol. The van der Waals surface area contributed by atoms with Gasteiger partial charge in [-0.25, -0.2) is 13.1 Å². The zero-order valence-electron chi connectivity index (χ0n) is 12.6. The highest BCUT2D eigenvalue weighted by Gasteiger charge is 2.22. The van der Waals surface area contributed by atoms with Crippen molar-refractivity contribution in [3.8, 4) is 0 Å². The summed E-state index contributed by atoms with van der Waals surface area (Å²) in [6, 6.07) is 7.65. The molecule has 2 rings (SSSR count). The van der Waals surface area contributed by atoms with Crippen LogP contribution in [0.25, 0.3) is 0 Å². The van der Waals surface area contributed by atoms with Crippen molar-refractivity contribution in [1.29, 1.82) is 0 Å². The van der Waals surface area contributed by atoms with Gasteiger partial charge in [0, 0.05) is 31.4 Å². The number of hydrogen-bond acceptors (Lipinski definition) is 4. The maximum Gasteiger partial charge on any atom is 0.240 e. The van der Waals surface area contributed by atoms with Gasteiger partial charge in [-0.15, -0.1) is 0 Å². The summed E-state index contributed by atoms with van der Waals surface area (Å²) in [5.41, 5.74) is 6.78. The molecule has 1 aliphatic carbocycles. The van der Waals surface area contributed by atoms with Gasteiger partial charge in [0.25, 0.3) is 0 Å². The molecule has 1 aromatic carbocycles. The number of nitrogens with zero attached hydrogens (tertiary/aromatic N) is 1. The molecular formula is C15H25N3O2S. The minimum atomic E-state index is -3.38. The van der Waals surface area contributed by atoms with Gasteiger partial charge >= 0.3 is 0 Å². The Balaban J connectivity index is 2.19. The van der Waals surface area contributed by atoms with Crippen LogP contribution in [0.3, 0.4) is 0 Å². The highest BCUT2D eigenvalue weighted by molar-refractivity contribution is 7.89. The van der Waals surface area contributed by atoms with E-state index < -0.39 is 10.0 Å². The van der Waals surface area contributed by atoms with Gasteiger partial charge in [-0.3, -0.25) is 0 Å². The van der Waals surface area contributed by atoms with E-state index in [9.17, 15) is 8.42 Å². The van der Waals surface area contributed by atoms with E-state index in [2.05, 4.69) is 9.62 Å². The summed E-state index contributed by atoms with van der Waals surface area (Å²) >= 11 is 0. The van der Waals surface area contributed by atoms with E-state index in [-0.39, 0.29) is 0 Å². The summed E-state index contributed by atoms with van der Waals surface area (Å²) < 4.78 is 26.4. The molecule has 1 aliphatic rings. The summed E-state index contributed by atoms with van der Waals surface area (Å²) in [5, 5.41) is 0. The van der Waals surface area contributed by atoms with Crippen molar-refractivity contribution in [2.24, 2.45) is 5.73 Å². The lowest BCUT2D eigenvalue weighted by Gasteiger charge is -2.31. The maximum absolute atomic E-state index is 12.0. The summed E-state index contributed by atoms with van der Waals surface area (Å²) in [4.78, 5) is 2.63. The van der Waals surface area contributed by atoms with Crippen molar-refractivity contribution in [2.75, 3.05) is 24.5 Å². The molecule has 0 bridgehead atoms. The van der Waals surface area contributed by atoms with Crippen molar-refractivity contribution in [2.45, 2.75) is 43.5 Å². The van der Waals surface area contributed by atoms with E-state index in [1.165, 1.54) is 25.7 Å². The lowest BCUT2D eigenvalue weighted by atomic mass is 10.1. The molecule has 6 heteroatoms. The number of nitrogens with two attached hydrogens (primary N) is 1. The molecule has 0 spiro atoms. The van der Waals surface area contributed by atoms with Gasteiger partial charge in [0.2, 0.25) is 10.0 Å². The lowest BCUT2D eigenvalue weighted by Crippen LogP contribution is -2.37. The molecule has 0 heterocycles.